The Hall–Kier alpha value is -3.51. The molecule has 1 fully saturated rings. The third kappa shape index (κ3) is 4.33. The van der Waals surface area contributed by atoms with Crippen LogP contribution in [0.2, 0.25) is 0 Å². The molecule has 0 spiro atoms. The van der Waals surface area contributed by atoms with Gasteiger partial charge in [-0.15, -0.1) is 0 Å². The fourth-order valence-corrected chi connectivity index (χ4v) is 4.27. The van der Waals surface area contributed by atoms with Crippen LogP contribution in [0.4, 0.5) is 45.1 Å². The van der Waals surface area contributed by atoms with Crippen LogP contribution >= 0.6 is 0 Å². The molecule has 2 heterocycles. The number of amides is 2. The van der Waals surface area contributed by atoms with Crippen LogP contribution in [0.5, 0.6) is 0 Å². The van der Waals surface area contributed by atoms with Crippen molar-refractivity contribution >= 4 is 35.0 Å². The van der Waals surface area contributed by atoms with Gasteiger partial charge in [0.1, 0.15) is 5.69 Å². The van der Waals surface area contributed by atoms with Gasteiger partial charge in [-0.25, -0.2) is 4.98 Å². The van der Waals surface area contributed by atoms with Crippen LogP contribution in [0.25, 0.3) is 0 Å². The van der Waals surface area contributed by atoms with E-state index in [9.17, 15) is 31.5 Å². The molecule has 182 valence electrons. The second-order valence-electron chi connectivity index (χ2n) is 8.28. The average molecular weight is 484 g/mol. The number of hydrogen-bond donors (Lipinski definition) is 2. The summed E-state index contributed by atoms with van der Waals surface area (Å²) in [7, 11) is 1.17. The molecular formula is C21H21F5N6O2. The smallest absolute Gasteiger partial charge is 0.366 e. The molecule has 34 heavy (non-hydrogen) atoms. The zero-order chi connectivity index (χ0) is 24.8. The number of hydrogen-bond acceptors (Lipinski definition) is 6. The lowest BCUT2D eigenvalue weighted by molar-refractivity contribution is -0.140. The number of benzene rings is 1. The first kappa shape index (κ1) is 23.6. The van der Waals surface area contributed by atoms with E-state index in [-0.39, 0.29) is 29.1 Å². The summed E-state index contributed by atoms with van der Waals surface area (Å²) < 4.78 is 70.1. The predicted molar refractivity (Wildman–Crippen MR) is 113 cm³/mol. The van der Waals surface area contributed by atoms with E-state index in [0.717, 1.165) is 36.1 Å². The monoisotopic (exact) mass is 484 g/mol. The Morgan fingerprint density at radius 3 is 2.53 bits per heavy atom. The fraction of sp³-hybridized carbons (Fsp3) is 0.429. The minimum absolute atomic E-state index is 0.0275. The van der Waals surface area contributed by atoms with Gasteiger partial charge in [0, 0.05) is 18.7 Å². The molecule has 1 saturated carbocycles. The van der Waals surface area contributed by atoms with Crippen LogP contribution in [0.1, 0.15) is 41.6 Å². The molecule has 1 aliphatic carbocycles. The number of nitrogens with two attached hydrogens (primary N) is 1. The molecule has 2 amide bonds. The van der Waals surface area contributed by atoms with E-state index >= 15 is 0 Å². The van der Waals surface area contributed by atoms with Gasteiger partial charge in [-0.2, -0.15) is 26.9 Å². The summed E-state index contributed by atoms with van der Waals surface area (Å²) in [6, 6.07) is 2.43. The van der Waals surface area contributed by atoms with Crippen molar-refractivity contribution in [3.63, 3.8) is 0 Å². The van der Waals surface area contributed by atoms with Gasteiger partial charge in [0.25, 0.3) is 5.91 Å². The Morgan fingerprint density at radius 2 is 1.91 bits per heavy atom. The summed E-state index contributed by atoms with van der Waals surface area (Å²) in [4.78, 5) is 34.0. The van der Waals surface area contributed by atoms with E-state index in [0.29, 0.717) is 18.9 Å². The number of anilines is 4. The van der Waals surface area contributed by atoms with E-state index in [1.165, 1.54) is 11.9 Å². The van der Waals surface area contributed by atoms with Gasteiger partial charge in [-0.1, -0.05) is 12.8 Å². The van der Waals surface area contributed by atoms with E-state index in [4.69, 9.17) is 5.73 Å². The lowest BCUT2D eigenvalue weighted by Gasteiger charge is -2.31. The fourth-order valence-electron chi connectivity index (χ4n) is 4.27. The minimum atomic E-state index is -4.83. The van der Waals surface area contributed by atoms with Crippen LogP contribution in [-0.4, -0.2) is 47.3 Å². The number of carbonyl (C=O) groups is 2. The van der Waals surface area contributed by atoms with Gasteiger partial charge in [-0.3, -0.25) is 9.59 Å². The second-order valence-corrected chi connectivity index (χ2v) is 8.28. The zero-order valence-electron chi connectivity index (χ0n) is 18.0. The topological polar surface area (TPSA) is 104 Å². The van der Waals surface area contributed by atoms with Crippen molar-refractivity contribution in [2.45, 2.75) is 43.8 Å². The Kier molecular flexibility index (Phi) is 5.82. The summed E-state index contributed by atoms with van der Waals surface area (Å²) in [6.45, 7) is -0.897. The summed E-state index contributed by atoms with van der Waals surface area (Å²) >= 11 is 0. The number of nitrogens with zero attached hydrogens (tertiary/aromatic N) is 4. The Labute approximate surface area is 190 Å². The van der Waals surface area contributed by atoms with Crippen molar-refractivity contribution in [3.05, 3.63) is 35.5 Å². The molecule has 1 aliphatic heterocycles. The van der Waals surface area contributed by atoms with Crippen LogP contribution in [0.3, 0.4) is 0 Å². The van der Waals surface area contributed by atoms with E-state index < -0.39 is 41.7 Å². The van der Waals surface area contributed by atoms with Gasteiger partial charge in [0.15, 0.2) is 5.82 Å². The predicted octanol–water partition coefficient (Wildman–Crippen LogP) is 3.70. The van der Waals surface area contributed by atoms with Crippen LogP contribution in [0.15, 0.2) is 24.4 Å². The largest absolute Gasteiger partial charge is 0.418 e. The SMILES string of the molecule is CN1C(=O)C(F)(F)CN(C2CCCC2)c2nc(Nc3ccc(C(N)=O)cc3C(F)(F)F)ncc21. The maximum Gasteiger partial charge on any atom is 0.418 e. The van der Waals surface area contributed by atoms with Gasteiger partial charge < -0.3 is 20.9 Å². The Morgan fingerprint density at radius 1 is 1.24 bits per heavy atom. The van der Waals surface area contributed by atoms with Crippen molar-refractivity contribution in [3.8, 4) is 0 Å². The minimum Gasteiger partial charge on any atom is -0.366 e. The van der Waals surface area contributed by atoms with Crippen molar-refractivity contribution in [2.75, 3.05) is 28.7 Å². The summed E-state index contributed by atoms with van der Waals surface area (Å²) in [5.74, 6) is -6.39. The van der Waals surface area contributed by atoms with E-state index in [1.54, 1.807) is 0 Å². The van der Waals surface area contributed by atoms with Crippen molar-refractivity contribution in [1.82, 2.24) is 9.97 Å². The molecule has 3 N–H and O–H groups in total. The lowest BCUT2D eigenvalue weighted by Crippen LogP contribution is -2.48. The highest BCUT2D eigenvalue weighted by Crippen LogP contribution is 2.41. The summed E-state index contributed by atoms with van der Waals surface area (Å²) in [6.07, 6.45) is -0.826. The molecule has 2 aromatic rings. The first-order valence-corrected chi connectivity index (χ1v) is 10.5. The number of fused-ring (bicyclic) bond motifs is 1. The Bertz CT molecular complexity index is 1130. The van der Waals surface area contributed by atoms with Gasteiger partial charge in [0.2, 0.25) is 11.9 Å². The normalized spacial score (nSPS) is 18.6. The van der Waals surface area contributed by atoms with Gasteiger partial charge >= 0.3 is 12.1 Å². The zero-order valence-corrected chi connectivity index (χ0v) is 18.0. The van der Waals surface area contributed by atoms with Crippen LogP contribution < -0.4 is 20.9 Å². The molecule has 1 aromatic heterocycles. The van der Waals surface area contributed by atoms with Crippen LogP contribution in [-0.2, 0) is 11.0 Å². The third-order valence-corrected chi connectivity index (χ3v) is 5.99. The highest BCUT2D eigenvalue weighted by molar-refractivity contribution is 6.02. The summed E-state index contributed by atoms with van der Waals surface area (Å²) in [5.41, 5.74) is 3.16. The number of halogens is 5. The molecule has 0 radical (unpaired) electrons. The molecule has 4 rings (SSSR count). The molecule has 13 heteroatoms. The molecule has 2 aliphatic rings. The number of aromatic nitrogens is 2. The van der Waals surface area contributed by atoms with Crippen molar-refractivity contribution in [2.24, 2.45) is 5.73 Å². The second kappa shape index (κ2) is 8.37. The maximum absolute atomic E-state index is 14.7. The molecule has 0 unspecified atom stereocenters. The molecule has 8 nitrogen and oxygen atoms in total. The first-order valence-electron chi connectivity index (χ1n) is 10.5. The number of rotatable bonds is 4. The molecule has 0 saturated heterocycles. The molecular weight excluding hydrogens is 463 g/mol. The van der Waals surface area contributed by atoms with Gasteiger partial charge in [0.05, 0.1) is 24.0 Å². The third-order valence-electron chi connectivity index (χ3n) is 5.99. The maximum atomic E-state index is 14.7. The quantitative estimate of drug-likeness (QED) is 0.642. The van der Waals surface area contributed by atoms with Gasteiger partial charge in [-0.05, 0) is 31.0 Å². The highest BCUT2D eigenvalue weighted by atomic mass is 19.4. The van der Waals surface area contributed by atoms with Crippen molar-refractivity contribution in [1.29, 1.82) is 0 Å². The lowest BCUT2D eigenvalue weighted by atomic mass is 10.1. The number of primary amides is 1. The molecule has 1 aromatic carbocycles. The number of nitrogens with one attached hydrogen (secondary N) is 1. The Balaban J connectivity index is 1.77. The van der Waals surface area contributed by atoms with Crippen molar-refractivity contribution < 1.29 is 31.5 Å². The van der Waals surface area contributed by atoms with Crippen LogP contribution in [0, 0.1) is 0 Å². The number of alkyl halides is 5. The average Bonchev–Trinajstić information content (AvgIpc) is 3.28. The first-order chi connectivity index (χ1) is 15.9. The summed E-state index contributed by atoms with van der Waals surface area (Å²) in [5, 5.41) is 2.46. The highest BCUT2D eigenvalue weighted by Gasteiger charge is 2.48. The van der Waals surface area contributed by atoms with E-state index in [1.807, 2.05) is 0 Å². The molecule has 0 atom stereocenters. The standard InChI is InChI=1S/C21H21F5N6O2/c1-31-15-9-28-19(29-14-7-6-11(16(27)33)8-13(14)21(24,25)26)30-17(15)32(12-4-2-3-5-12)10-20(22,23)18(31)34/h6-9,12H,2-5,10H2,1H3,(H2,27,33)(H,28,29,30). The molecule has 0 bridgehead atoms. The van der Waals surface area contributed by atoms with E-state index in [2.05, 4.69) is 15.3 Å². The number of carbonyl (C=O) groups excluding carboxylic acids is 2.